The number of carbonyl (C=O) groups is 2. The van der Waals surface area contributed by atoms with Crippen molar-refractivity contribution in [3.8, 4) is 11.1 Å². The lowest BCUT2D eigenvalue weighted by Gasteiger charge is -2.28. The van der Waals surface area contributed by atoms with Crippen molar-refractivity contribution in [3.63, 3.8) is 0 Å². The number of pyridine rings is 1. The van der Waals surface area contributed by atoms with Crippen LogP contribution in [0.4, 0.5) is 0 Å². The molecule has 1 aliphatic rings. The zero-order valence-electron chi connectivity index (χ0n) is 13.5. The number of hydrogen-bond donors (Lipinski definition) is 1. The first-order valence-corrected chi connectivity index (χ1v) is 7.83. The molecule has 0 aliphatic carbocycles. The first kappa shape index (κ1) is 16.1. The summed E-state index contributed by atoms with van der Waals surface area (Å²) in [5.74, 6) is -0.650. The predicted molar refractivity (Wildman–Crippen MR) is 89.8 cm³/mol. The second-order valence-electron chi connectivity index (χ2n) is 5.53. The largest absolute Gasteiger partial charge is 0.465 e. The van der Waals surface area contributed by atoms with Gasteiger partial charge < -0.3 is 15.0 Å². The lowest BCUT2D eigenvalue weighted by atomic mass is 9.98. The molecule has 2 heterocycles. The summed E-state index contributed by atoms with van der Waals surface area (Å²) in [6.07, 6.45) is 3.37. The van der Waals surface area contributed by atoms with Gasteiger partial charge in [0.2, 0.25) is 0 Å². The Labute approximate surface area is 140 Å². The van der Waals surface area contributed by atoms with Crippen LogP contribution in [0.25, 0.3) is 11.1 Å². The number of piperazine rings is 1. The van der Waals surface area contributed by atoms with Crippen molar-refractivity contribution in [2.24, 2.45) is 0 Å². The minimum Gasteiger partial charge on any atom is -0.465 e. The van der Waals surface area contributed by atoms with Gasteiger partial charge in [-0.2, -0.15) is 0 Å². The van der Waals surface area contributed by atoms with Crippen LogP contribution in [0.5, 0.6) is 0 Å². The topological polar surface area (TPSA) is 71.5 Å². The van der Waals surface area contributed by atoms with Gasteiger partial charge in [-0.1, -0.05) is 6.07 Å². The number of nitrogens with one attached hydrogen (secondary N) is 1. The normalized spacial score (nSPS) is 14.3. The van der Waals surface area contributed by atoms with E-state index >= 15 is 0 Å². The van der Waals surface area contributed by atoms with Gasteiger partial charge in [0, 0.05) is 38.6 Å². The fourth-order valence-electron chi connectivity index (χ4n) is 2.77. The molecule has 1 N–H and O–H groups in total. The Morgan fingerprint density at radius 3 is 2.42 bits per heavy atom. The van der Waals surface area contributed by atoms with E-state index in [4.69, 9.17) is 4.74 Å². The number of benzene rings is 1. The molecule has 2 aromatic rings. The molecule has 0 unspecified atom stereocenters. The van der Waals surface area contributed by atoms with Crippen molar-refractivity contribution in [2.75, 3.05) is 33.3 Å². The van der Waals surface area contributed by atoms with Gasteiger partial charge in [0.1, 0.15) is 0 Å². The number of amides is 1. The van der Waals surface area contributed by atoms with Gasteiger partial charge in [-0.25, -0.2) is 4.79 Å². The molecule has 24 heavy (non-hydrogen) atoms. The van der Waals surface area contributed by atoms with Gasteiger partial charge in [0.15, 0.2) is 0 Å². The van der Waals surface area contributed by atoms with Gasteiger partial charge in [0.25, 0.3) is 5.91 Å². The van der Waals surface area contributed by atoms with E-state index in [2.05, 4.69) is 10.3 Å². The molecule has 0 atom stereocenters. The highest BCUT2D eigenvalue weighted by Crippen LogP contribution is 2.24. The summed E-state index contributed by atoms with van der Waals surface area (Å²) in [6.45, 7) is 2.78. The van der Waals surface area contributed by atoms with Crippen LogP contribution in [0.1, 0.15) is 20.7 Å². The third-order valence-corrected chi connectivity index (χ3v) is 4.07. The van der Waals surface area contributed by atoms with E-state index in [1.807, 2.05) is 18.2 Å². The smallest absolute Gasteiger partial charge is 0.338 e. The maximum Gasteiger partial charge on any atom is 0.338 e. The van der Waals surface area contributed by atoms with Gasteiger partial charge in [0.05, 0.1) is 18.2 Å². The average molecular weight is 325 g/mol. The highest BCUT2D eigenvalue weighted by molar-refractivity contribution is 6.06. The van der Waals surface area contributed by atoms with Crippen molar-refractivity contribution >= 4 is 11.9 Å². The van der Waals surface area contributed by atoms with Crippen LogP contribution in [0.15, 0.2) is 42.7 Å². The molecule has 6 nitrogen and oxygen atoms in total. The van der Waals surface area contributed by atoms with E-state index in [9.17, 15) is 9.59 Å². The molecular weight excluding hydrogens is 306 g/mol. The SMILES string of the molecule is COC(=O)c1cc(-c2ccncc2)ccc1C(=O)N1CCNCC1. The van der Waals surface area contributed by atoms with Crippen LogP contribution in [0.3, 0.4) is 0 Å². The monoisotopic (exact) mass is 325 g/mol. The van der Waals surface area contributed by atoms with Crippen molar-refractivity contribution < 1.29 is 14.3 Å². The molecule has 1 fully saturated rings. The molecule has 0 spiro atoms. The first-order valence-electron chi connectivity index (χ1n) is 7.83. The third-order valence-electron chi connectivity index (χ3n) is 4.07. The third kappa shape index (κ3) is 3.28. The number of hydrogen-bond acceptors (Lipinski definition) is 5. The van der Waals surface area contributed by atoms with E-state index in [1.165, 1.54) is 7.11 Å². The van der Waals surface area contributed by atoms with Crippen molar-refractivity contribution in [1.29, 1.82) is 0 Å². The fraction of sp³-hybridized carbons (Fsp3) is 0.278. The molecule has 0 saturated carbocycles. The van der Waals surface area contributed by atoms with E-state index < -0.39 is 5.97 Å². The molecule has 124 valence electrons. The summed E-state index contributed by atoms with van der Waals surface area (Å²) in [6, 6.07) is 8.96. The van der Waals surface area contributed by atoms with E-state index in [-0.39, 0.29) is 11.5 Å². The maximum atomic E-state index is 12.8. The number of rotatable bonds is 3. The summed E-state index contributed by atoms with van der Waals surface area (Å²) in [7, 11) is 1.32. The standard InChI is InChI=1S/C18H19N3O3/c1-24-18(23)16-12-14(13-4-6-19-7-5-13)2-3-15(16)17(22)21-10-8-20-9-11-21/h2-7,12,20H,8-11H2,1H3. The van der Waals surface area contributed by atoms with Gasteiger partial charge >= 0.3 is 5.97 Å². The highest BCUT2D eigenvalue weighted by atomic mass is 16.5. The second-order valence-corrected chi connectivity index (χ2v) is 5.53. The Morgan fingerprint density at radius 1 is 1.04 bits per heavy atom. The van der Waals surface area contributed by atoms with Crippen LogP contribution < -0.4 is 5.32 Å². The molecule has 6 heteroatoms. The molecule has 1 amide bonds. The van der Waals surface area contributed by atoms with Crippen LogP contribution in [-0.4, -0.2) is 55.0 Å². The van der Waals surface area contributed by atoms with Crippen LogP contribution in [-0.2, 0) is 4.74 Å². The van der Waals surface area contributed by atoms with Crippen molar-refractivity contribution in [2.45, 2.75) is 0 Å². The minimum atomic E-state index is -0.510. The molecule has 1 aromatic heterocycles. The number of methoxy groups -OCH3 is 1. The van der Waals surface area contributed by atoms with Crippen molar-refractivity contribution in [3.05, 3.63) is 53.9 Å². The Bertz CT molecular complexity index is 740. The Morgan fingerprint density at radius 2 is 1.75 bits per heavy atom. The van der Waals surface area contributed by atoms with Gasteiger partial charge in [-0.3, -0.25) is 9.78 Å². The van der Waals surface area contributed by atoms with Gasteiger partial charge in [-0.15, -0.1) is 0 Å². The number of carbonyl (C=O) groups excluding carboxylic acids is 2. The van der Waals surface area contributed by atoms with Crippen LogP contribution in [0.2, 0.25) is 0 Å². The minimum absolute atomic E-state index is 0.141. The van der Waals surface area contributed by atoms with E-state index in [0.717, 1.165) is 24.2 Å². The molecule has 1 saturated heterocycles. The molecule has 0 bridgehead atoms. The fourth-order valence-corrected chi connectivity index (χ4v) is 2.77. The lowest BCUT2D eigenvalue weighted by molar-refractivity contribution is 0.0588. The number of nitrogens with zero attached hydrogens (tertiary/aromatic N) is 2. The Balaban J connectivity index is 1.99. The number of ether oxygens (including phenoxy) is 1. The zero-order chi connectivity index (χ0) is 16.9. The Kier molecular flexibility index (Phi) is 4.86. The summed E-state index contributed by atoms with van der Waals surface area (Å²) in [5.41, 5.74) is 2.43. The van der Waals surface area contributed by atoms with E-state index in [1.54, 1.807) is 29.4 Å². The molecule has 3 rings (SSSR count). The second kappa shape index (κ2) is 7.23. The summed E-state index contributed by atoms with van der Waals surface area (Å²) in [5, 5.41) is 3.21. The summed E-state index contributed by atoms with van der Waals surface area (Å²) < 4.78 is 4.87. The zero-order valence-corrected chi connectivity index (χ0v) is 13.5. The summed E-state index contributed by atoms with van der Waals surface area (Å²) >= 11 is 0. The van der Waals surface area contributed by atoms with Gasteiger partial charge in [-0.05, 0) is 35.4 Å². The molecule has 1 aromatic carbocycles. The predicted octanol–water partition coefficient (Wildman–Crippen LogP) is 1.58. The van der Waals surface area contributed by atoms with Crippen LogP contribution >= 0.6 is 0 Å². The van der Waals surface area contributed by atoms with Crippen molar-refractivity contribution in [1.82, 2.24) is 15.2 Å². The molecule has 0 radical (unpaired) electrons. The lowest BCUT2D eigenvalue weighted by Crippen LogP contribution is -2.46. The number of aromatic nitrogens is 1. The average Bonchev–Trinajstić information content (AvgIpc) is 2.67. The highest BCUT2D eigenvalue weighted by Gasteiger charge is 2.24. The van der Waals surface area contributed by atoms with Crippen LogP contribution in [0, 0.1) is 0 Å². The molecule has 1 aliphatic heterocycles. The first-order chi connectivity index (χ1) is 11.7. The maximum absolute atomic E-state index is 12.8. The Hall–Kier alpha value is -2.73. The summed E-state index contributed by atoms with van der Waals surface area (Å²) in [4.78, 5) is 30.7. The quantitative estimate of drug-likeness (QED) is 0.868. The number of esters is 1. The van der Waals surface area contributed by atoms with E-state index in [0.29, 0.717) is 18.7 Å². The molecular formula is C18H19N3O3.